The minimum atomic E-state index is -0.381. The molecule has 11 heteroatoms. The molecule has 0 unspecified atom stereocenters. The van der Waals surface area contributed by atoms with E-state index >= 15 is 0 Å². The number of carbonyl (C=O) groups is 2. The molecule has 1 heterocycles. The average molecular weight is 522 g/mol. The zero-order chi connectivity index (χ0) is 26.2. The van der Waals surface area contributed by atoms with Gasteiger partial charge >= 0.3 is 0 Å². The van der Waals surface area contributed by atoms with Crippen molar-refractivity contribution in [1.29, 1.82) is 0 Å². The topological polar surface area (TPSA) is 107 Å². The van der Waals surface area contributed by atoms with Crippen LogP contribution < -0.4 is 20.1 Å². The Balaban J connectivity index is 1.49. The van der Waals surface area contributed by atoms with Crippen molar-refractivity contribution in [3.63, 3.8) is 0 Å². The summed E-state index contributed by atoms with van der Waals surface area (Å²) in [5.74, 6) is 0.528. The van der Waals surface area contributed by atoms with Gasteiger partial charge in [0.15, 0.2) is 11.0 Å². The molecule has 0 bridgehead atoms. The van der Waals surface area contributed by atoms with Crippen LogP contribution in [0.5, 0.6) is 11.5 Å². The Morgan fingerprint density at radius 2 is 1.62 bits per heavy atom. The molecule has 0 spiro atoms. The number of aromatic nitrogens is 3. The second-order valence-electron chi connectivity index (χ2n) is 7.70. The Hall–Kier alpha value is -4.38. The zero-order valence-corrected chi connectivity index (χ0v) is 20.9. The number of nitrogens with one attached hydrogen (secondary N) is 2. The fraction of sp³-hybridized carbons (Fsp3) is 0.154. The van der Waals surface area contributed by atoms with E-state index in [1.54, 1.807) is 22.8 Å². The fourth-order valence-corrected chi connectivity index (χ4v) is 4.18. The maximum atomic E-state index is 13.1. The number of ether oxygens (including phenoxy) is 2. The third kappa shape index (κ3) is 6.64. The highest BCUT2D eigenvalue weighted by Crippen LogP contribution is 2.24. The van der Waals surface area contributed by atoms with Gasteiger partial charge in [0.1, 0.15) is 17.3 Å². The van der Waals surface area contributed by atoms with Gasteiger partial charge in [0.2, 0.25) is 5.91 Å². The summed E-state index contributed by atoms with van der Waals surface area (Å²) in [4.78, 5) is 25.3. The number of benzene rings is 3. The molecule has 3 aromatic carbocycles. The SMILES string of the molecule is COc1cc(OC)cc(C(=O)NCc2nnc(SCC(=O)Nc3ccc(F)cc3)n2-c2ccccc2)c1. The van der Waals surface area contributed by atoms with E-state index in [9.17, 15) is 14.0 Å². The minimum absolute atomic E-state index is 0.0539. The van der Waals surface area contributed by atoms with Crippen LogP contribution in [0.15, 0.2) is 78.0 Å². The molecule has 0 radical (unpaired) electrons. The van der Waals surface area contributed by atoms with Crippen LogP contribution in [0.4, 0.5) is 10.1 Å². The van der Waals surface area contributed by atoms with Crippen molar-refractivity contribution < 1.29 is 23.5 Å². The van der Waals surface area contributed by atoms with Gasteiger partial charge in [0.25, 0.3) is 5.91 Å². The first-order valence-electron chi connectivity index (χ1n) is 11.2. The maximum absolute atomic E-state index is 13.1. The molecular weight excluding hydrogens is 497 g/mol. The van der Waals surface area contributed by atoms with Gasteiger partial charge in [0.05, 0.1) is 26.5 Å². The van der Waals surface area contributed by atoms with E-state index in [1.165, 1.54) is 50.2 Å². The summed E-state index contributed by atoms with van der Waals surface area (Å²) in [6.07, 6.45) is 0. The van der Waals surface area contributed by atoms with Crippen LogP contribution >= 0.6 is 11.8 Å². The van der Waals surface area contributed by atoms with Crippen LogP contribution in [0.3, 0.4) is 0 Å². The predicted octanol–water partition coefficient (Wildman–Crippen LogP) is 4.08. The van der Waals surface area contributed by atoms with Gasteiger partial charge in [-0.15, -0.1) is 10.2 Å². The molecule has 4 aromatic rings. The van der Waals surface area contributed by atoms with Crippen LogP contribution in [0.25, 0.3) is 5.69 Å². The van der Waals surface area contributed by atoms with Gasteiger partial charge in [-0.3, -0.25) is 14.2 Å². The molecule has 0 atom stereocenters. The standard InChI is InChI=1S/C26H24FN5O4S/c1-35-21-12-17(13-22(14-21)36-2)25(34)28-15-23-30-31-26(32(23)20-6-4-3-5-7-20)37-16-24(33)29-19-10-8-18(27)9-11-19/h3-14H,15-16H2,1-2H3,(H,28,34)(H,29,33). The number of methoxy groups -OCH3 is 2. The lowest BCUT2D eigenvalue weighted by molar-refractivity contribution is -0.113. The quantitative estimate of drug-likeness (QED) is 0.303. The number of thioether (sulfide) groups is 1. The van der Waals surface area contributed by atoms with E-state index in [4.69, 9.17) is 9.47 Å². The van der Waals surface area contributed by atoms with Gasteiger partial charge in [-0.2, -0.15) is 0 Å². The first kappa shape index (κ1) is 25.7. The zero-order valence-electron chi connectivity index (χ0n) is 20.1. The van der Waals surface area contributed by atoms with Crippen molar-refractivity contribution in [1.82, 2.24) is 20.1 Å². The first-order chi connectivity index (χ1) is 18.0. The second kappa shape index (κ2) is 12.0. The molecule has 2 N–H and O–H groups in total. The Morgan fingerprint density at radius 1 is 0.946 bits per heavy atom. The van der Waals surface area contributed by atoms with Gasteiger partial charge < -0.3 is 20.1 Å². The summed E-state index contributed by atoms with van der Waals surface area (Å²) in [7, 11) is 3.02. The number of nitrogens with zero attached hydrogens (tertiary/aromatic N) is 3. The van der Waals surface area contributed by atoms with E-state index in [0.29, 0.717) is 33.7 Å². The Morgan fingerprint density at radius 3 is 2.27 bits per heavy atom. The van der Waals surface area contributed by atoms with Crippen LogP contribution in [-0.4, -0.2) is 46.6 Å². The van der Waals surface area contributed by atoms with Gasteiger partial charge in [-0.25, -0.2) is 4.39 Å². The smallest absolute Gasteiger partial charge is 0.251 e. The summed E-state index contributed by atoms with van der Waals surface area (Å²) in [6, 6.07) is 19.8. The largest absolute Gasteiger partial charge is 0.497 e. The number of halogens is 1. The molecule has 4 rings (SSSR count). The number of hydrogen-bond acceptors (Lipinski definition) is 7. The highest BCUT2D eigenvalue weighted by Gasteiger charge is 2.18. The van der Waals surface area contributed by atoms with E-state index in [1.807, 2.05) is 30.3 Å². The number of carbonyl (C=O) groups excluding carboxylic acids is 2. The molecule has 0 fully saturated rings. The Labute approximate surface area is 217 Å². The van der Waals surface area contributed by atoms with Crippen LogP contribution in [0, 0.1) is 5.82 Å². The molecule has 2 amide bonds. The third-order valence-corrected chi connectivity index (χ3v) is 6.12. The van der Waals surface area contributed by atoms with E-state index in [0.717, 1.165) is 5.69 Å². The molecule has 0 saturated heterocycles. The van der Waals surface area contributed by atoms with Crippen LogP contribution in [0.1, 0.15) is 16.2 Å². The molecule has 0 aliphatic heterocycles. The average Bonchev–Trinajstić information content (AvgIpc) is 3.34. The lowest BCUT2D eigenvalue weighted by atomic mass is 10.2. The molecule has 0 saturated carbocycles. The normalized spacial score (nSPS) is 10.6. The van der Waals surface area contributed by atoms with Crippen molar-refractivity contribution in [2.75, 3.05) is 25.3 Å². The van der Waals surface area contributed by atoms with Crippen molar-refractivity contribution in [3.05, 3.63) is 90.0 Å². The molecule has 0 aliphatic rings. The van der Waals surface area contributed by atoms with Crippen LogP contribution in [0.2, 0.25) is 0 Å². The monoisotopic (exact) mass is 521 g/mol. The molecule has 37 heavy (non-hydrogen) atoms. The van der Waals surface area contributed by atoms with Crippen LogP contribution in [-0.2, 0) is 11.3 Å². The van der Waals surface area contributed by atoms with Gasteiger partial charge in [-0.1, -0.05) is 30.0 Å². The minimum Gasteiger partial charge on any atom is -0.497 e. The number of hydrogen-bond donors (Lipinski definition) is 2. The third-order valence-electron chi connectivity index (χ3n) is 5.20. The lowest BCUT2D eigenvalue weighted by Gasteiger charge is -2.12. The number of para-hydroxylation sites is 1. The first-order valence-corrected chi connectivity index (χ1v) is 12.1. The number of amides is 2. The van der Waals surface area contributed by atoms with Crippen molar-refractivity contribution in [2.45, 2.75) is 11.7 Å². The van der Waals surface area contributed by atoms with Crippen molar-refractivity contribution in [2.24, 2.45) is 0 Å². The molecule has 190 valence electrons. The predicted molar refractivity (Wildman–Crippen MR) is 138 cm³/mol. The summed E-state index contributed by atoms with van der Waals surface area (Å²) in [5.41, 5.74) is 1.64. The van der Waals surface area contributed by atoms with E-state index < -0.39 is 0 Å². The molecule has 9 nitrogen and oxygen atoms in total. The Kier molecular flexibility index (Phi) is 8.37. The van der Waals surface area contributed by atoms with E-state index in [-0.39, 0.29) is 29.9 Å². The van der Waals surface area contributed by atoms with Crippen molar-refractivity contribution in [3.8, 4) is 17.2 Å². The molecular formula is C26H24FN5O4S. The molecule has 0 aliphatic carbocycles. The highest BCUT2D eigenvalue weighted by atomic mass is 32.2. The maximum Gasteiger partial charge on any atom is 0.251 e. The van der Waals surface area contributed by atoms with Gasteiger partial charge in [-0.05, 0) is 48.5 Å². The van der Waals surface area contributed by atoms with Crippen molar-refractivity contribution >= 4 is 29.3 Å². The Bertz CT molecular complexity index is 1360. The number of anilines is 1. The highest BCUT2D eigenvalue weighted by molar-refractivity contribution is 7.99. The molecule has 1 aromatic heterocycles. The van der Waals surface area contributed by atoms with E-state index in [2.05, 4.69) is 20.8 Å². The second-order valence-corrected chi connectivity index (χ2v) is 8.64. The van der Waals surface area contributed by atoms with Gasteiger partial charge in [0, 0.05) is 23.0 Å². The summed E-state index contributed by atoms with van der Waals surface area (Å²) < 4.78 is 25.4. The number of rotatable bonds is 10. The summed E-state index contributed by atoms with van der Waals surface area (Å²) in [5, 5.41) is 14.5. The summed E-state index contributed by atoms with van der Waals surface area (Å²) in [6.45, 7) is 0.0859. The fourth-order valence-electron chi connectivity index (χ4n) is 3.41. The lowest BCUT2D eigenvalue weighted by Crippen LogP contribution is -2.24. The summed E-state index contributed by atoms with van der Waals surface area (Å²) >= 11 is 1.19.